The van der Waals surface area contributed by atoms with Crippen LogP contribution in [0.2, 0.25) is 0 Å². The SMILES string of the molecule is CC1(C)CCC1NC(=O)Nc1ccc(CN)cc1. The Kier molecular flexibility index (Phi) is 3.57. The van der Waals surface area contributed by atoms with Crippen molar-refractivity contribution in [1.82, 2.24) is 5.32 Å². The predicted octanol–water partition coefficient (Wildman–Crippen LogP) is 2.46. The molecule has 1 unspecified atom stereocenters. The number of anilines is 1. The molecule has 1 aromatic carbocycles. The summed E-state index contributed by atoms with van der Waals surface area (Å²) in [6.45, 7) is 4.87. The molecule has 1 saturated carbocycles. The lowest BCUT2D eigenvalue weighted by Crippen LogP contribution is -2.53. The molecule has 1 aliphatic carbocycles. The summed E-state index contributed by atoms with van der Waals surface area (Å²) in [5.74, 6) is 0. The lowest BCUT2D eigenvalue weighted by Gasteiger charge is -2.44. The Morgan fingerprint density at radius 2 is 2.06 bits per heavy atom. The van der Waals surface area contributed by atoms with E-state index in [1.165, 1.54) is 6.42 Å². The number of amides is 2. The van der Waals surface area contributed by atoms with E-state index >= 15 is 0 Å². The van der Waals surface area contributed by atoms with Gasteiger partial charge < -0.3 is 16.4 Å². The number of nitrogens with two attached hydrogens (primary N) is 1. The zero-order valence-corrected chi connectivity index (χ0v) is 11.0. The molecule has 98 valence electrons. The lowest BCUT2D eigenvalue weighted by atomic mass is 9.67. The molecule has 0 bridgehead atoms. The molecule has 18 heavy (non-hydrogen) atoms. The van der Waals surface area contributed by atoms with Gasteiger partial charge in [-0.2, -0.15) is 0 Å². The van der Waals surface area contributed by atoms with Crippen LogP contribution in [0.15, 0.2) is 24.3 Å². The second kappa shape index (κ2) is 4.98. The first-order valence-corrected chi connectivity index (χ1v) is 6.38. The maximum atomic E-state index is 11.8. The molecule has 1 atom stereocenters. The largest absolute Gasteiger partial charge is 0.335 e. The van der Waals surface area contributed by atoms with Crippen molar-refractivity contribution in [3.05, 3.63) is 29.8 Å². The van der Waals surface area contributed by atoms with Crippen LogP contribution in [0.25, 0.3) is 0 Å². The maximum Gasteiger partial charge on any atom is 0.319 e. The fraction of sp³-hybridized carbons (Fsp3) is 0.500. The van der Waals surface area contributed by atoms with Crippen LogP contribution >= 0.6 is 0 Å². The first-order chi connectivity index (χ1) is 8.51. The van der Waals surface area contributed by atoms with E-state index < -0.39 is 0 Å². The summed E-state index contributed by atoms with van der Waals surface area (Å²) >= 11 is 0. The molecule has 0 radical (unpaired) electrons. The van der Waals surface area contributed by atoms with E-state index in [-0.39, 0.29) is 17.5 Å². The third-order valence-corrected chi connectivity index (χ3v) is 3.77. The number of nitrogens with one attached hydrogen (secondary N) is 2. The van der Waals surface area contributed by atoms with E-state index in [1.54, 1.807) is 0 Å². The Morgan fingerprint density at radius 1 is 1.39 bits per heavy atom. The third-order valence-electron chi connectivity index (χ3n) is 3.77. The standard InChI is InChI=1S/C14H21N3O/c1-14(2)8-7-12(14)17-13(18)16-11-5-3-10(9-15)4-6-11/h3-6,12H,7-9,15H2,1-2H3,(H2,16,17,18). The van der Waals surface area contributed by atoms with Crippen molar-refractivity contribution in [3.63, 3.8) is 0 Å². The van der Waals surface area contributed by atoms with Crippen molar-refractivity contribution in [1.29, 1.82) is 0 Å². The van der Waals surface area contributed by atoms with Crippen LogP contribution in [-0.4, -0.2) is 12.1 Å². The summed E-state index contributed by atoms with van der Waals surface area (Å²) < 4.78 is 0. The molecule has 2 amide bonds. The van der Waals surface area contributed by atoms with Crippen LogP contribution in [0.5, 0.6) is 0 Å². The van der Waals surface area contributed by atoms with Gasteiger partial charge in [-0.15, -0.1) is 0 Å². The fourth-order valence-corrected chi connectivity index (χ4v) is 2.18. The first-order valence-electron chi connectivity index (χ1n) is 6.38. The van der Waals surface area contributed by atoms with E-state index in [1.807, 2.05) is 24.3 Å². The zero-order valence-electron chi connectivity index (χ0n) is 11.0. The van der Waals surface area contributed by atoms with Gasteiger partial charge in [0.1, 0.15) is 0 Å². The van der Waals surface area contributed by atoms with Crippen LogP contribution in [0.1, 0.15) is 32.3 Å². The third kappa shape index (κ3) is 2.82. The molecule has 0 spiro atoms. The topological polar surface area (TPSA) is 67.2 Å². The van der Waals surface area contributed by atoms with Gasteiger partial charge in [-0.3, -0.25) is 0 Å². The van der Waals surface area contributed by atoms with Crippen LogP contribution in [0, 0.1) is 5.41 Å². The molecule has 4 heteroatoms. The summed E-state index contributed by atoms with van der Waals surface area (Å²) in [7, 11) is 0. The molecule has 0 saturated heterocycles. The molecular formula is C14H21N3O. The van der Waals surface area contributed by atoms with Crippen molar-refractivity contribution >= 4 is 11.7 Å². The number of carbonyl (C=O) groups is 1. The predicted molar refractivity (Wildman–Crippen MR) is 73.3 cm³/mol. The van der Waals surface area contributed by atoms with Gasteiger partial charge in [0.15, 0.2) is 0 Å². The highest BCUT2D eigenvalue weighted by atomic mass is 16.2. The minimum absolute atomic E-state index is 0.131. The molecule has 0 heterocycles. The van der Waals surface area contributed by atoms with E-state index in [0.717, 1.165) is 17.7 Å². The van der Waals surface area contributed by atoms with Gasteiger partial charge in [0.2, 0.25) is 0 Å². The van der Waals surface area contributed by atoms with Gasteiger partial charge in [0.05, 0.1) is 0 Å². The van der Waals surface area contributed by atoms with E-state index in [0.29, 0.717) is 6.54 Å². The number of rotatable bonds is 3. The quantitative estimate of drug-likeness (QED) is 0.768. The molecule has 1 fully saturated rings. The van der Waals surface area contributed by atoms with Gasteiger partial charge in [-0.1, -0.05) is 26.0 Å². The average Bonchev–Trinajstić information content (AvgIpc) is 2.36. The van der Waals surface area contributed by atoms with Crippen molar-refractivity contribution in [2.24, 2.45) is 11.1 Å². The van der Waals surface area contributed by atoms with Crippen LogP contribution in [-0.2, 0) is 6.54 Å². The average molecular weight is 247 g/mol. The Bertz CT molecular complexity index is 425. The Hall–Kier alpha value is -1.55. The van der Waals surface area contributed by atoms with Crippen molar-refractivity contribution in [2.75, 3.05) is 5.32 Å². The highest BCUT2D eigenvalue weighted by Gasteiger charge is 2.39. The van der Waals surface area contributed by atoms with Crippen molar-refractivity contribution < 1.29 is 4.79 Å². The van der Waals surface area contributed by atoms with E-state index in [2.05, 4.69) is 24.5 Å². The van der Waals surface area contributed by atoms with Gasteiger partial charge in [0.25, 0.3) is 0 Å². The Labute approximate surface area is 108 Å². The molecule has 4 N–H and O–H groups in total. The number of urea groups is 1. The fourth-order valence-electron chi connectivity index (χ4n) is 2.18. The number of hydrogen-bond donors (Lipinski definition) is 3. The highest BCUT2D eigenvalue weighted by Crippen LogP contribution is 2.39. The normalized spacial score (nSPS) is 20.9. The summed E-state index contributed by atoms with van der Waals surface area (Å²) in [6.07, 6.45) is 2.23. The molecular weight excluding hydrogens is 226 g/mol. The minimum Gasteiger partial charge on any atom is -0.335 e. The second-order valence-electron chi connectivity index (χ2n) is 5.58. The smallest absolute Gasteiger partial charge is 0.319 e. The summed E-state index contributed by atoms with van der Waals surface area (Å²) in [5, 5.41) is 5.85. The number of hydrogen-bond acceptors (Lipinski definition) is 2. The van der Waals surface area contributed by atoms with Gasteiger partial charge in [0, 0.05) is 18.3 Å². The molecule has 4 nitrogen and oxygen atoms in total. The highest BCUT2D eigenvalue weighted by molar-refractivity contribution is 5.89. The molecule has 1 aliphatic rings. The van der Waals surface area contributed by atoms with Crippen molar-refractivity contribution in [3.8, 4) is 0 Å². The minimum atomic E-state index is -0.131. The van der Waals surface area contributed by atoms with Gasteiger partial charge >= 0.3 is 6.03 Å². The van der Waals surface area contributed by atoms with E-state index in [9.17, 15) is 4.79 Å². The molecule has 0 aromatic heterocycles. The molecule has 2 rings (SSSR count). The van der Waals surface area contributed by atoms with Crippen LogP contribution < -0.4 is 16.4 Å². The maximum absolute atomic E-state index is 11.8. The monoisotopic (exact) mass is 247 g/mol. The Morgan fingerprint density at radius 3 is 2.50 bits per heavy atom. The van der Waals surface area contributed by atoms with Gasteiger partial charge in [-0.05, 0) is 36.0 Å². The molecule has 1 aromatic rings. The summed E-state index contributed by atoms with van der Waals surface area (Å²) in [4.78, 5) is 11.8. The summed E-state index contributed by atoms with van der Waals surface area (Å²) in [6, 6.07) is 7.72. The van der Waals surface area contributed by atoms with Crippen molar-refractivity contribution in [2.45, 2.75) is 39.3 Å². The Balaban J connectivity index is 1.87. The van der Waals surface area contributed by atoms with Gasteiger partial charge in [-0.25, -0.2) is 4.79 Å². The lowest BCUT2D eigenvalue weighted by molar-refractivity contribution is 0.117. The first kappa shape index (κ1) is 12.9. The second-order valence-corrected chi connectivity index (χ2v) is 5.58. The zero-order chi connectivity index (χ0) is 13.2. The molecule has 0 aliphatic heterocycles. The van der Waals surface area contributed by atoms with Crippen LogP contribution in [0.4, 0.5) is 10.5 Å². The summed E-state index contributed by atoms with van der Waals surface area (Å²) in [5.41, 5.74) is 7.60. The number of carbonyl (C=O) groups excluding carboxylic acids is 1. The van der Waals surface area contributed by atoms with E-state index in [4.69, 9.17) is 5.73 Å². The number of benzene rings is 1. The van der Waals surface area contributed by atoms with Crippen LogP contribution in [0.3, 0.4) is 0 Å².